The lowest BCUT2D eigenvalue weighted by Gasteiger charge is -2.11. The van der Waals surface area contributed by atoms with E-state index >= 15 is 0 Å². The second-order valence-electron chi connectivity index (χ2n) is 13.9. The molecular weight excluding hydrogens is 633 g/mol. The third kappa shape index (κ3) is 3.70. The first kappa shape index (κ1) is 27.7. The van der Waals surface area contributed by atoms with Crippen LogP contribution in [-0.2, 0) is 0 Å². The van der Waals surface area contributed by atoms with Crippen molar-refractivity contribution in [1.82, 2.24) is 19.1 Å². The SMILES string of the molecule is c1ccc(-n2c3ccc(-c4ccc5c(c4)c4ccccc4n5-c4cnc5c(c4)-c4cccc6cncc-5c46)cc3c3ccc4ccccc4c32)cc1. The third-order valence-electron chi connectivity index (χ3n) is 11.1. The van der Waals surface area contributed by atoms with Crippen molar-refractivity contribution in [1.29, 1.82) is 0 Å². The average molecular weight is 661 g/mol. The Morgan fingerprint density at radius 2 is 1.10 bits per heavy atom. The fourth-order valence-corrected chi connectivity index (χ4v) is 8.87. The Morgan fingerprint density at radius 3 is 1.96 bits per heavy atom. The minimum absolute atomic E-state index is 1.00. The first-order valence-electron chi connectivity index (χ1n) is 17.7. The standard InChI is InChI=1S/C48H28N4/c1-2-11-33(12-3-1)52-45-22-19-31(24-40(45)38-20-17-29-9-4-5-13-35(29)48(38)52)30-18-21-44-39(23-30)36-14-6-7-16-43(36)51(44)34-25-41-37-15-8-10-32-26-49-28-42(46(32)37)47(41)50-27-34/h1-28H. The predicted octanol–water partition coefficient (Wildman–Crippen LogP) is 12.3. The number of hydrogen-bond donors (Lipinski definition) is 0. The van der Waals surface area contributed by atoms with Crippen LogP contribution in [0, 0.1) is 0 Å². The summed E-state index contributed by atoms with van der Waals surface area (Å²) in [6.07, 6.45) is 5.91. The Bertz CT molecular complexity index is 3290. The largest absolute Gasteiger partial charge is 0.309 e. The first-order chi connectivity index (χ1) is 25.8. The molecule has 4 nitrogen and oxygen atoms in total. The van der Waals surface area contributed by atoms with Crippen LogP contribution in [0.2, 0.25) is 0 Å². The summed E-state index contributed by atoms with van der Waals surface area (Å²) < 4.78 is 4.79. The van der Waals surface area contributed by atoms with E-state index in [1.54, 1.807) is 0 Å². The van der Waals surface area contributed by atoms with Crippen LogP contribution in [0.15, 0.2) is 170 Å². The fourth-order valence-electron chi connectivity index (χ4n) is 8.87. The summed E-state index contributed by atoms with van der Waals surface area (Å²) in [5.74, 6) is 0. The molecule has 0 bridgehead atoms. The van der Waals surface area contributed by atoms with E-state index in [-0.39, 0.29) is 0 Å². The van der Waals surface area contributed by atoms with Crippen LogP contribution < -0.4 is 0 Å². The first-order valence-corrected chi connectivity index (χ1v) is 17.7. The van der Waals surface area contributed by atoms with Gasteiger partial charge >= 0.3 is 0 Å². The van der Waals surface area contributed by atoms with Gasteiger partial charge in [0.2, 0.25) is 0 Å². The molecule has 1 aliphatic carbocycles. The van der Waals surface area contributed by atoms with Gasteiger partial charge in [-0.2, -0.15) is 0 Å². The number of hydrogen-bond acceptors (Lipinski definition) is 2. The van der Waals surface area contributed by atoms with Gasteiger partial charge in [-0.3, -0.25) is 9.97 Å². The number of para-hydroxylation sites is 2. The number of rotatable bonds is 3. The molecule has 11 aromatic rings. The molecule has 4 aromatic heterocycles. The van der Waals surface area contributed by atoms with Gasteiger partial charge in [0.1, 0.15) is 0 Å². The van der Waals surface area contributed by atoms with Crippen molar-refractivity contribution in [2.45, 2.75) is 0 Å². The number of aromatic nitrogens is 4. The monoisotopic (exact) mass is 660 g/mol. The normalized spacial score (nSPS) is 12.2. The number of pyridine rings is 2. The number of fused-ring (bicyclic) bond motifs is 11. The molecule has 0 atom stereocenters. The van der Waals surface area contributed by atoms with Crippen LogP contribution in [0.5, 0.6) is 0 Å². The summed E-state index contributed by atoms with van der Waals surface area (Å²) in [5, 5.41) is 9.85. The van der Waals surface area contributed by atoms with Gasteiger partial charge in [-0.1, -0.05) is 103 Å². The minimum atomic E-state index is 1.00. The van der Waals surface area contributed by atoms with E-state index in [0.717, 1.165) is 33.4 Å². The van der Waals surface area contributed by atoms with Gasteiger partial charge in [0.25, 0.3) is 0 Å². The molecule has 0 aliphatic heterocycles. The summed E-state index contributed by atoms with van der Waals surface area (Å²) in [6, 6.07) is 55.3. The Labute approximate surface area is 298 Å². The van der Waals surface area contributed by atoms with Crippen LogP contribution in [0.25, 0.3) is 110 Å². The summed E-state index contributed by atoms with van der Waals surface area (Å²) in [4.78, 5) is 9.58. The summed E-state index contributed by atoms with van der Waals surface area (Å²) in [7, 11) is 0. The lowest BCUT2D eigenvalue weighted by Crippen LogP contribution is -1.96. The zero-order valence-electron chi connectivity index (χ0n) is 28.0. The summed E-state index contributed by atoms with van der Waals surface area (Å²) in [5.41, 5.74) is 13.9. The molecule has 0 amide bonds. The maximum absolute atomic E-state index is 5.07. The highest BCUT2D eigenvalue weighted by atomic mass is 15.0. The predicted molar refractivity (Wildman–Crippen MR) is 216 cm³/mol. The molecule has 4 heteroatoms. The van der Waals surface area contributed by atoms with E-state index in [1.807, 2.05) is 18.6 Å². The van der Waals surface area contributed by atoms with Crippen molar-refractivity contribution in [3.8, 4) is 44.9 Å². The van der Waals surface area contributed by atoms with Gasteiger partial charge in [0.05, 0.1) is 39.6 Å². The van der Waals surface area contributed by atoms with Gasteiger partial charge in [-0.15, -0.1) is 0 Å². The van der Waals surface area contributed by atoms with Gasteiger partial charge in [-0.25, -0.2) is 0 Å². The molecule has 4 heterocycles. The minimum Gasteiger partial charge on any atom is -0.309 e. The summed E-state index contributed by atoms with van der Waals surface area (Å²) >= 11 is 0. The molecule has 0 unspecified atom stereocenters. The van der Waals surface area contributed by atoms with E-state index in [9.17, 15) is 0 Å². The van der Waals surface area contributed by atoms with E-state index < -0.39 is 0 Å². The van der Waals surface area contributed by atoms with Crippen molar-refractivity contribution in [2.24, 2.45) is 0 Å². The molecule has 7 aromatic carbocycles. The third-order valence-corrected chi connectivity index (χ3v) is 11.1. The zero-order chi connectivity index (χ0) is 33.9. The molecule has 0 saturated heterocycles. The van der Waals surface area contributed by atoms with Crippen LogP contribution in [0.4, 0.5) is 0 Å². The molecule has 240 valence electrons. The topological polar surface area (TPSA) is 35.6 Å². The molecule has 0 saturated carbocycles. The lowest BCUT2D eigenvalue weighted by atomic mass is 10.00. The smallest absolute Gasteiger partial charge is 0.0804 e. The fraction of sp³-hybridized carbons (Fsp3) is 0. The zero-order valence-corrected chi connectivity index (χ0v) is 28.0. The van der Waals surface area contributed by atoms with Crippen LogP contribution in [0.1, 0.15) is 0 Å². The molecule has 0 N–H and O–H groups in total. The molecule has 0 fully saturated rings. The average Bonchev–Trinajstić information content (AvgIpc) is 3.84. The second-order valence-corrected chi connectivity index (χ2v) is 13.9. The van der Waals surface area contributed by atoms with E-state index in [1.165, 1.54) is 76.6 Å². The molecule has 52 heavy (non-hydrogen) atoms. The van der Waals surface area contributed by atoms with E-state index in [0.29, 0.717) is 0 Å². The molecule has 1 aliphatic rings. The van der Waals surface area contributed by atoms with Crippen molar-refractivity contribution in [3.63, 3.8) is 0 Å². The Balaban J connectivity index is 1.06. The van der Waals surface area contributed by atoms with Crippen LogP contribution in [-0.4, -0.2) is 19.1 Å². The molecule has 0 radical (unpaired) electrons. The quantitative estimate of drug-likeness (QED) is 0.189. The van der Waals surface area contributed by atoms with Gasteiger partial charge in [0, 0.05) is 66.9 Å². The van der Waals surface area contributed by atoms with Crippen molar-refractivity contribution in [2.75, 3.05) is 0 Å². The van der Waals surface area contributed by atoms with Crippen molar-refractivity contribution in [3.05, 3.63) is 170 Å². The van der Waals surface area contributed by atoms with Crippen molar-refractivity contribution >= 4 is 65.2 Å². The maximum Gasteiger partial charge on any atom is 0.0804 e. The lowest BCUT2D eigenvalue weighted by molar-refractivity contribution is 1.15. The summed E-state index contributed by atoms with van der Waals surface area (Å²) in [6.45, 7) is 0. The highest BCUT2D eigenvalue weighted by molar-refractivity contribution is 6.20. The Hall–Kier alpha value is -7.04. The second kappa shape index (κ2) is 10.3. The number of nitrogens with zero attached hydrogens (tertiary/aromatic N) is 4. The number of benzene rings is 7. The maximum atomic E-state index is 5.07. The van der Waals surface area contributed by atoms with Gasteiger partial charge in [-0.05, 0) is 70.6 Å². The van der Waals surface area contributed by atoms with E-state index in [2.05, 4.69) is 166 Å². The molecule has 12 rings (SSSR count). The molecule has 0 spiro atoms. The highest BCUT2D eigenvalue weighted by Gasteiger charge is 2.24. The van der Waals surface area contributed by atoms with Crippen molar-refractivity contribution < 1.29 is 0 Å². The molecular formula is C48H28N4. The highest BCUT2D eigenvalue weighted by Crippen LogP contribution is 2.47. The van der Waals surface area contributed by atoms with Crippen LogP contribution >= 0.6 is 0 Å². The van der Waals surface area contributed by atoms with Crippen LogP contribution in [0.3, 0.4) is 0 Å². The Morgan fingerprint density at radius 1 is 0.385 bits per heavy atom. The van der Waals surface area contributed by atoms with Gasteiger partial charge < -0.3 is 9.13 Å². The van der Waals surface area contributed by atoms with Gasteiger partial charge in [0.15, 0.2) is 0 Å². The Kier molecular flexibility index (Phi) is 5.47. The van der Waals surface area contributed by atoms with E-state index in [4.69, 9.17) is 4.98 Å².